The fraction of sp³-hybridized carbons (Fsp3) is 0.238. The molecule has 4 nitrogen and oxygen atoms in total. The fourth-order valence-electron chi connectivity index (χ4n) is 3.13. The number of nitrogens with zero attached hydrogens (tertiary/aromatic N) is 1. The maximum absolute atomic E-state index is 5.71. The summed E-state index contributed by atoms with van der Waals surface area (Å²) in [6.07, 6.45) is 0. The second-order valence-corrected chi connectivity index (χ2v) is 7.47. The van der Waals surface area contributed by atoms with Crippen LogP contribution in [0.25, 0.3) is 0 Å². The zero-order valence-electron chi connectivity index (χ0n) is 14.6. The average Bonchev–Trinajstić information content (AvgIpc) is 3.33. The lowest BCUT2D eigenvalue weighted by atomic mass is 10.1. The highest BCUT2D eigenvalue weighted by Gasteiger charge is 2.15. The molecule has 5 heteroatoms. The van der Waals surface area contributed by atoms with Gasteiger partial charge in [0, 0.05) is 31.1 Å². The van der Waals surface area contributed by atoms with Crippen molar-refractivity contribution in [1.29, 1.82) is 0 Å². The normalized spacial score (nSPS) is 12.7. The first kappa shape index (κ1) is 17.1. The molecule has 0 unspecified atom stereocenters. The Bertz CT molecular complexity index is 847. The standard InChI is InChI=1S/C21H22N2O2S/c22-11-16-3-5-17(6-4-16)12-23(14-19-2-1-9-26-19)13-18-7-8-20-21(10-18)25-15-24-20/h1-10H,11-15,22H2. The number of rotatable bonds is 7. The first-order chi connectivity index (χ1) is 12.8. The Balaban J connectivity index is 1.51. The molecule has 0 aliphatic carbocycles. The minimum atomic E-state index is 0.311. The van der Waals surface area contributed by atoms with Crippen LogP contribution < -0.4 is 15.2 Å². The minimum absolute atomic E-state index is 0.311. The van der Waals surface area contributed by atoms with Gasteiger partial charge >= 0.3 is 0 Å². The second kappa shape index (κ2) is 7.91. The van der Waals surface area contributed by atoms with Crippen LogP contribution in [0.2, 0.25) is 0 Å². The maximum Gasteiger partial charge on any atom is 0.231 e. The van der Waals surface area contributed by atoms with E-state index in [0.717, 1.165) is 36.7 Å². The van der Waals surface area contributed by atoms with Gasteiger partial charge in [0.25, 0.3) is 0 Å². The van der Waals surface area contributed by atoms with Gasteiger partial charge in [0.2, 0.25) is 6.79 Å². The Kier molecular flexibility index (Phi) is 5.20. The molecule has 4 rings (SSSR count). The number of benzene rings is 2. The lowest BCUT2D eigenvalue weighted by Crippen LogP contribution is -2.22. The molecule has 0 amide bonds. The predicted octanol–water partition coefficient (Wildman–Crippen LogP) is 4.14. The first-order valence-corrected chi connectivity index (χ1v) is 9.59. The van der Waals surface area contributed by atoms with Gasteiger partial charge in [0.1, 0.15) is 0 Å². The Morgan fingerprint density at radius 2 is 1.58 bits per heavy atom. The van der Waals surface area contributed by atoms with Crippen LogP contribution in [0.3, 0.4) is 0 Å². The Morgan fingerprint density at radius 1 is 0.846 bits per heavy atom. The number of thiophene rings is 1. The van der Waals surface area contributed by atoms with Gasteiger partial charge in [-0.2, -0.15) is 0 Å². The second-order valence-electron chi connectivity index (χ2n) is 6.43. The summed E-state index contributed by atoms with van der Waals surface area (Å²) >= 11 is 1.80. The molecule has 2 aromatic carbocycles. The van der Waals surface area contributed by atoms with Crippen LogP contribution in [0.4, 0.5) is 0 Å². The molecule has 26 heavy (non-hydrogen) atoms. The smallest absolute Gasteiger partial charge is 0.231 e. The summed E-state index contributed by atoms with van der Waals surface area (Å²) in [5, 5.41) is 2.13. The van der Waals surface area contributed by atoms with Crippen molar-refractivity contribution in [2.24, 2.45) is 5.73 Å². The number of nitrogens with two attached hydrogens (primary N) is 1. The van der Waals surface area contributed by atoms with E-state index in [0.29, 0.717) is 13.3 Å². The lowest BCUT2D eigenvalue weighted by Gasteiger charge is -2.22. The summed E-state index contributed by atoms with van der Waals surface area (Å²) in [6, 6.07) is 19.1. The molecule has 0 bridgehead atoms. The highest BCUT2D eigenvalue weighted by atomic mass is 32.1. The third kappa shape index (κ3) is 4.07. The van der Waals surface area contributed by atoms with Gasteiger partial charge in [-0.05, 0) is 40.3 Å². The Labute approximate surface area is 157 Å². The summed E-state index contributed by atoms with van der Waals surface area (Å²) in [4.78, 5) is 3.81. The van der Waals surface area contributed by atoms with Gasteiger partial charge in [-0.15, -0.1) is 11.3 Å². The average molecular weight is 366 g/mol. The molecule has 3 aromatic rings. The van der Waals surface area contributed by atoms with Crippen molar-refractivity contribution in [3.63, 3.8) is 0 Å². The van der Waals surface area contributed by atoms with Gasteiger partial charge in [-0.25, -0.2) is 0 Å². The van der Waals surface area contributed by atoms with Gasteiger partial charge in [0.05, 0.1) is 0 Å². The third-order valence-electron chi connectivity index (χ3n) is 4.47. The molecule has 0 saturated carbocycles. The van der Waals surface area contributed by atoms with Crippen molar-refractivity contribution >= 4 is 11.3 Å². The number of ether oxygens (including phenoxy) is 2. The van der Waals surface area contributed by atoms with Gasteiger partial charge < -0.3 is 15.2 Å². The van der Waals surface area contributed by atoms with Crippen LogP contribution >= 0.6 is 11.3 Å². The summed E-state index contributed by atoms with van der Waals surface area (Å²) in [7, 11) is 0. The number of hydrogen-bond donors (Lipinski definition) is 1. The SMILES string of the molecule is NCc1ccc(CN(Cc2ccc3c(c2)OCO3)Cc2cccs2)cc1. The van der Waals surface area contributed by atoms with Crippen molar-refractivity contribution in [3.8, 4) is 11.5 Å². The molecular formula is C21H22N2O2S. The van der Waals surface area contributed by atoms with E-state index in [4.69, 9.17) is 15.2 Å². The van der Waals surface area contributed by atoms with Crippen molar-refractivity contribution in [3.05, 3.63) is 81.5 Å². The van der Waals surface area contributed by atoms with E-state index in [-0.39, 0.29) is 0 Å². The molecule has 0 saturated heterocycles. The van der Waals surface area contributed by atoms with Crippen LogP contribution in [-0.2, 0) is 26.2 Å². The Hall–Kier alpha value is -2.34. The van der Waals surface area contributed by atoms with Crippen molar-refractivity contribution < 1.29 is 9.47 Å². The van der Waals surface area contributed by atoms with E-state index in [1.807, 2.05) is 6.07 Å². The quantitative estimate of drug-likeness (QED) is 0.683. The molecule has 0 radical (unpaired) electrons. The summed E-state index contributed by atoms with van der Waals surface area (Å²) in [5.74, 6) is 1.67. The van der Waals surface area contributed by atoms with Gasteiger partial charge in [0.15, 0.2) is 11.5 Å². The van der Waals surface area contributed by atoms with Crippen LogP contribution in [0.15, 0.2) is 60.0 Å². The minimum Gasteiger partial charge on any atom is -0.454 e. The molecule has 1 aliphatic rings. The molecule has 0 spiro atoms. The molecule has 2 N–H and O–H groups in total. The zero-order chi connectivity index (χ0) is 17.8. The van der Waals surface area contributed by atoms with E-state index in [9.17, 15) is 0 Å². The van der Waals surface area contributed by atoms with E-state index in [1.54, 1.807) is 11.3 Å². The summed E-state index contributed by atoms with van der Waals surface area (Å²) in [6.45, 7) is 3.55. The summed E-state index contributed by atoms with van der Waals surface area (Å²) in [5.41, 5.74) is 9.39. The highest BCUT2D eigenvalue weighted by molar-refractivity contribution is 7.09. The molecule has 1 aromatic heterocycles. The largest absolute Gasteiger partial charge is 0.454 e. The zero-order valence-corrected chi connectivity index (χ0v) is 15.4. The van der Waals surface area contributed by atoms with Crippen LogP contribution in [0, 0.1) is 0 Å². The van der Waals surface area contributed by atoms with E-state index in [1.165, 1.54) is 16.0 Å². The summed E-state index contributed by atoms with van der Waals surface area (Å²) < 4.78 is 10.9. The lowest BCUT2D eigenvalue weighted by molar-refractivity contribution is 0.174. The third-order valence-corrected chi connectivity index (χ3v) is 5.33. The number of hydrogen-bond acceptors (Lipinski definition) is 5. The Morgan fingerprint density at radius 3 is 2.35 bits per heavy atom. The van der Waals surface area contributed by atoms with Crippen molar-refractivity contribution in [2.45, 2.75) is 26.2 Å². The molecule has 1 aliphatic heterocycles. The molecule has 134 valence electrons. The first-order valence-electron chi connectivity index (χ1n) is 8.71. The van der Waals surface area contributed by atoms with Crippen LogP contribution in [0.1, 0.15) is 21.6 Å². The van der Waals surface area contributed by atoms with Crippen LogP contribution in [-0.4, -0.2) is 11.7 Å². The fourth-order valence-corrected chi connectivity index (χ4v) is 3.87. The molecule has 0 fully saturated rings. The molecule has 0 atom stereocenters. The van der Waals surface area contributed by atoms with Gasteiger partial charge in [-0.3, -0.25) is 4.90 Å². The van der Waals surface area contributed by atoms with E-state index in [2.05, 4.69) is 58.8 Å². The van der Waals surface area contributed by atoms with E-state index < -0.39 is 0 Å². The molecular weight excluding hydrogens is 344 g/mol. The predicted molar refractivity (Wildman–Crippen MR) is 104 cm³/mol. The van der Waals surface area contributed by atoms with Crippen molar-refractivity contribution in [2.75, 3.05) is 6.79 Å². The maximum atomic E-state index is 5.71. The number of fused-ring (bicyclic) bond motifs is 1. The van der Waals surface area contributed by atoms with Crippen molar-refractivity contribution in [1.82, 2.24) is 4.90 Å². The van der Waals surface area contributed by atoms with Gasteiger partial charge in [-0.1, -0.05) is 36.4 Å². The monoisotopic (exact) mass is 366 g/mol. The highest BCUT2D eigenvalue weighted by Crippen LogP contribution is 2.33. The van der Waals surface area contributed by atoms with E-state index >= 15 is 0 Å². The topological polar surface area (TPSA) is 47.7 Å². The van der Waals surface area contributed by atoms with Crippen LogP contribution in [0.5, 0.6) is 11.5 Å². The molecule has 2 heterocycles.